The molecule has 1 fully saturated rings. The van der Waals surface area contributed by atoms with Gasteiger partial charge in [0.1, 0.15) is 6.61 Å². The summed E-state index contributed by atoms with van der Waals surface area (Å²) in [5.41, 5.74) is 1.44. The van der Waals surface area contributed by atoms with Crippen molar-refractivity contribution in [2.24, 2.45) is 5.41 Å². The van der Waals surface area contributed by atoms with Gasteiger partial charge in [-0.05, 0) is 35.1 Å². The number of carbonyl (C=O) groups is 3. The molecule has 1 heterocycles. The number of hydrogen-bond acceptors (Lipinski definition) is 4. The predicted molar refractivity (Wildman–Crippen MR) is 120 cm³/mol. The summed E-state index contributed by atoms with van der Waals surface area (Å²) in [5, 5.41) is 11.6. The number of fused-ring (bicyclic) bond motifs is 3. The molecule has 7 nitrogen and oxygen atoms in total. The maximum Gasteiger partial charge on any atom is 0.407 e. The van der Waals surface area contributed by atoms with E-state index in [9.17, 15) is 27.6 Å². The van der Waals surface area contributed by atoms with E-state index in [0.29, 0.717) is 0 Å². The highest BCUT2D eigenvalue weighted by Gasteiger charge is 2.64. The summed E-state index contributed by atoms with van der Waals surface area (Å²) in [5.74, 6) is -2.64. The lowest BCUT2D eigenvalue weighted by Gasteiger charge is -2.27. The van der Waals surface area contributed by atoms with Gasteiger partial charge in [0.05, 0.1) is 0 Å². The minimum absolute atomic E-state index is 0.0898. The molecule has 35 heavy (non-hydrogen) atoms. The van der Waals surface area contributed by atoms with E-state index >= 15 is 0 Å². The van der Waals surface area contributed by atoms with Crippen molar-refractivity contribution >= 4 is 18.0 Å². The fourth-order valence-electron chi connectivity index (χ4n) is 4.79. The Balaban J connectivity index is 1.22. The first-order valence-corrected chi connectivity index (χ1v) is 11.3. The van der Waals surface area contributed by atoms with E-state index in [-0.39, 0.29) is 38.5 Å². The zero-order chi connectivity index (χ0) is 25.2. The monoisotopic (exact) mass is 490 g/mol. The third kappa shape index (κ3) is 4.69. The summed E-state index contributed by atoms with van der Waals surface area (Å²) >= 11 is 0. The first-order chi connectivity index (χ1) is 16.6. The average molecular weight is 490 g/mol. The standard InChI is InChI=1S/C25H25F3N2O5/c26-25(27,28)24(22(32)33)11-13-30(15-24)21(31)10-5-12-29-23(34)35-14-20-18-8-3-1-6-16(18)17-7-2-4-9-19(17)20/h1-4,6-9,20H,5,10-15H2,(H,29,34)(H,32,33). The molecule has 2 aliphatic rings. The van der Waals surface area contributed by atoms with Crippen LogP contribution in [0.2, 0.25) is 0 Å². The number of nitrogens with zero attached hydrogens (tertiary/aromatic N) is 1. The molecule has 1 unspecified atom stereocenters. The first-order valence-electron chi connectivity index (χ1n) is 11.3. The number of nitrogens with one attached hydrogen (secondary N) is 1. The number of alkyl carbamates (subject to hydrolysis) is 1. The van der Waals surface area contributed by atoms with Gasteiger partial charge in [-0.15, -0.1) is 0 Å². The summed E-state index contributed by atoms with van der Waals surface area (Å²) in [7, 11) is 0. The number of likely N-dealkylation sites (tertiary alicyclic amines) is 1. The van der Waals surface area contributed by atoms with Crippen LogP contribution >= 0.6 is 0 Å². The van der Waals surface area contributed by atoms with Gasteiger partial charge < -0.3 is 20.1 Å². The molecule has 2 aromatic carbocycles. The number of carbonyl (C=O) groups excluding carboxylic acids is 2. The molecule has 0 aromatic heterocycles. The number of carboxylic acids is 1. The minimum Gasteiger partial charge on any atom is -0.481 e. The van der Waals surface area contributed by atoms with Crippen molar-refractivity contribution < 1.29 is 37.4 Å². The van der Waals surface area contributed by atoms with Crippen LogP contribution in [0.25, 0.3) is 11.1 Å². The van der Waals surface area contributed by atoms with Gasteiger partial charge in [0.2, 0.25) is 5.91 Å². The second-order valence-corrected chi connectivity index (χ2v) is 8.81. The molecule has 186 valence electrons. The van der Waals surface area contributed by atoms with Crippen molar-refractivity contribution in [1.82, 2.24) is 10.2 Å². The van der Waals surface area contributed by atoms with Crippen LogP contribution in [0.4, 0.5) is 18.0 Å². The van der Waals surface area contributed by atoms with Crippen molar-refractivity contribution in [3.8, 4) is 11.1 Å². The lowest BCUT2D eigenvalue weighted by molar-refractivity contribution is -0.227. The summed E-state index contributed by atoms with van der Waals surface area (Å²) in [6.07, 6.45) is -6.19. The van der Waals surface area contributed by atoms with Gasteiger partial charge in [-0.3, -0.25) is 9.59 Å². The normalized spacial score (nSPS) is 19.2. The Kier molecular flexibility index (Phi) is 6.73. The van der Waals surface area contributed by atoms with Crippen LogP contribution in [0.5, 0.6) is 0 Å². The number of alkyl halides is 3. The van der Waals surface area contributed by atoms with Crippen molar-refractivity contribution in [2.45, 2.75) is 31.4 Å². The van der Waals surface area contributed by atoms with Crippen LogP contribution in [0.1, 0.15) is 36.3 Å². The molecule has 0 bridgehead atoms. The van der Waals surface area contributed by atoms with E-state index in [4.69, 9.17) is 9.84 Å². The second kappa shape index (κ2) is 9.59. The van der Waals surface area contributed by atoms with E-state index < -0.39 is 42.5 Å². The highest BCUT2D eigenvalue weighted by Crippen LogP contribution is 2.46. The molecule has 1 aliphatic heterocycles. The number of benzene rings is 2. The van der Waals surface area contributed by atoms with Gasteiger partial charge in [-0.2, -0.15) is 13.2 Å². The molecular weight excluding hydrogens is 465 g/mol. The van der Waals surface area contributed by atoms with Crippen molar-refractivity contribution in [2.75, 3.05) is 26.2 Å². The Hall–Kier alpha value is -3.56. The largest absolute Gasteiger partial charge is 0.481 e. The lowest BCUT2D eigenvalue weighted by atomic mass is 9.86. The van der Waals surface area contributed by atoms with Gasteiger partial charge in [-0.1, -0.05) is 48.5 Å². The van der Waals surface area contributed by atoms with E-state index in [2.05, 4.69) is 5.32 Å². The van der Waals surface area contributed by atoms with Crippen molar-refractivity contribution in [1.29, 1.82) is 0 Å². The third-order valence-electron chi connectivity index (χ3n) is 6.75. The lowest BCUT2D eigenvalue weighted by Crippen LogP contribution is -2.47. The van der Waals surface area contributed by atoms with Gasteiger partial charge in [-0.25, -0.2) is 4.79 Å². The van der Waals surface area contributed by atoms with Crippen molar-refractivity contribution in [3.63, 3.8) is 0 Å². The number of rotatable bonds is 7. The fraction of sp³-hybridized carbons (Fsp3) is 0.400. The molecule has 2 amide bonds. The van der Waals surface area contributed by atoms with Crippen LogP contribution in [0.3, 0.4) is 0 Å². The van der Waals surface area contributed by atoms with Gasteiger partial charge in [0.25, 0.3) is 0 Å². The van der Waals surface area contributed by atoms with Crippen LogP contribution in [0, 0.1) is 5.41 Å². The zero-order valence-corrected chi connectivity index (χ0v) is 18.8. The number of hydrogen-bond donors (Lipinski definition) is 2. The van der Waals surface area contributed by atoms with Crippen LogP contribution in [-0.4, -0.2) is 60.4 Å². The molecule has 10 heteroatoms. The first kappa shape index (κ1) is 24.6. The Morgan fingerprint density at radius 3 is 2.20 bits per heavy atom. The van der Waals surface area contributed by atoms with Crippen LogP contribution in [0.15, 0.2) is 48.5 Å². The highest BCUT2D eigenvalue weighted by molar-refractivity contribution is 5.81. The number of halogens is 3. The minimum atomic E-state index is -4.94. The summed E-state index contributed by atoms with van der Waals surface area (Å²) in [6, 6.07) is 15.8. The predicted octanol–water partition coefficient (Wildman–Crippen LogP) is 4.17. The van der Waals surface area contributed by atoms with Gasteiger partial charge >= 0.3 is 18.2 Å². The Labute approximate surface area is 199 Å². The molecule has 0 radical (unpaired) electrons. The number of aliphatic carboxylic acids is 1. The maximum absolute atomic E-state index is 13.3. The van der Waals surface area contributed by atoms with Gasteiger partial charge in [0, 0.05) is 32.0 Å². The number of carboxylic acid groups (broad SMARTS) is 1. The Morgan fingerprint density at radius 2 is 1.66 bits per heavy atom. The summed E-state index contributed by atoms with van der Waals surface area (Å²) in [6.45, 7) is -0.935. The summed E-state index contributed by atoms with van der Waals surface area (Å²) in [4.78, 5) is 36.6. The molecule has 1 atom stereocenters. The Bertz CT molecular complexity index is 1090. The number of amides is 2. The van der Waals surface area contributed by atoms with Crippen LogP contribution in [-0.2, 0) is 14.3 Å². The van der Waals surface area contributed by atoms with Crippen LogP contribution < -0.4 is 5.32 Å². The molecule has 2 aromatic rings. The quantitative estimate of drug-likeness (QED) is 0.568. The topological polar surface area (TPSA) is 95.9 Å². The smallest absolute Gasteiger partial charge is 0.407 e. The zero-order valence-electron chi connectivity index (χ0n) is 18.8. The molecule has 2 N–H and O–H groups in total. The molecule has 0 saturated carbocycles. The van der Waals surface area contributed by atoms with E-state index in [1.165, 1.54) is 0 Å². The molecule has 1 saturated heterocycles. The van der Waals surface area contributed by atoms with E-state index in [1.54, 1.807) is 0 Å². The highest BCUT2D eigenvalue weighted by atomic mass is 19.4. The fourth-order valence-corrected chi connectivity index (χ4v) is 4.79. The third-order valence-corrected chi connectivity index (χ3v) is 6.75. The van der Waals surface area contributed by atoms with E-state index in [1.807, 2.05) is 48.5 Å². The summed E-state index contributed by atoms with van der Waals surface area (Å²) < 4.78 is 45.2. The number of ether oxygens (including phenoxy) is 1. The second-order valence-electron chi connectivity index (χ2n) is 8.81. The van der Waals surface area contributed by atoms with Gasteiger partial charge in [0.15, 0.2) is 5.41 Å². The SMILES string of the molecule is O=C(NCCCC(=O)N1CCC(C(=O)O)(C(F)(F)F)C1)OCC1c2ccccc2-c2ccccc21. The molecule has 0 spiro atoms. The maximum atomic E-state index is 13.3. The molecular formula is C25H25F3N2O5. The Morgan fingerprint density at radius 1 is 1.06 bits per heavy atom. The average Bonchev–Trinajstić information content (AvgIpc) is 3.42. The molecule has 4 rings (SSSR count). The van der Waals surface area contributed by atoms with Crippen molar-refractivity contribution in [3.05, 3.63) is 59.7 Å². The van der Waals surface area contributed by atoms with E-state index in [0.717, 1.165) is 27.2 Å². The molecule has 1 aliphatic carbocycles.